The van der Waals surface area contributed by atoms with Crippen LogP contribution >= 0.6 is 11.3 Å². The molecule has 0 saturated heterocycles. The molecule has 108 valence electrons. The van der Waals surface area contributed by atoms with E-state index in [0.29, 0.717) is 15.4 Å². The summed E-state index contributed by atoms with van der Waals surface area (Å²) in [6.07, 6.45) is 3.41. The smallest absolute Gasteiger partial charge is 0.256 e. The number of nitrogens with two attached hydrogens (primary N) is 1. The largest absolute Gasteiger partial charge is 0.396 e. The second kappa shape index (κ2) is 6.24. The number of thiophene rings is 1. The van der Waals surface area contributed by atoms with Crippen molar-refractivity contribution in [3.8, 4) is 6.07 Å². The Morgan fingerprint density at radius 2 is 2.14 bits per heavy atom. The van der Waals surface area contributed by atoms with E-state index in [1.807, 2.05) is 25.1 Å². The summed E-state index contributed by atoms with van der Waals surface area (Å²) in [6, 6.07) is 5.75. The van der Waals surface area contributed by atoms with Gasteiger partial charge in [0.1, 0.15) is 15.9 Å². The number of anilines is 2. The van der Waals surface area contributed by atoms with Gasteiger partial charge in [0.25, 0.3) is 5.91 Å². The van der Waals surface area contributed by atoms with Gasteiger partial charge in [-0.3, -0.25) is 9.78 Å². The topological polar surface area (TPSA) is 104 Å². The van der Waals surface area contributed by atoms with Gasteiger partial charge in [0.05, 0.1) is 11.3 Å². The molecule has 0 radical (unpaired) electrons. The van der Waals surface area contributed by atoms with Crippen molar-refractivity contribution in [1.29, 1.82) is 5.26 Å². The van der Waals surface area contributed by atoms with Gasteiger partial charge in [0.15, 0.2) is 0 Å². The number of nitrogens with zero attached hydrogens (tertiary/aromatic N) is 2. The molecule has 4 N–H and O–H groups in total. The van der Waals surface area contributed by atoms with Crippen molar-refractivity contribution >= 4 is 27.9 Å². The SMILES string of the molecule is CNC(=O)c1c(NC(C)c2ccncc2)sc(C#N)c1N. The molecule has 1 unspecified atom stereocenters. The number of rotatable bonds is 4. The fourth-order valence-corrected chi connectivity index (χ4v) is 2.91. The third kappa shape index (κ3) is 2.95. The Labute approximate surface area is 126 Å². The monoisotopic (exact) mass is 301 g/mol. The summed E-state index contributed by atoms with van der Waals surface area (Å²) in [4.78, 5) is 16.3. The van der Waals surface area contributed by atoms with Crippen LogP contribution in [0.5, 0.6) is 0 Å². The van der Waals surface area contributed by atoms with Gasteiger partial charge >= 0.3 is 0 Å². The molecule has 0 saturated carbocycles. The number of nitriles is 1. The maximum absolute atomic E-state index is 12.0. The minimum atomic E-state index is -0.310. The molecule has 0 fully saturated rings. The zero-order valence-electron chi connectivity index (χ0n) is 11.7. The molecule has 1 atom stereocenters. The molecule has 0 aliphatic carbocycles. The number of nitrogen functional groups attached to an aromatic ring is 1. The highest BCUT2D eigenvalue weighted by Gasteiger charge is 2.22. The lowest BCUT2D eigenvalue weighted by molar-refractivity contribution is 0.0965. The first-order chi connectivity index (χ1) is 10.1. The summed E-state index contributed by atoms with van der Waals surface area (Å²) in [6.45, 7) is 1.96. The first kappa shape index (κ1) is 14.8. The lowest BCUT2D eigenvalue weighted by Gasteiger charge is -2.15. The zero-order valence-corrected chi connectivity index (χ0v) is 12.5. The third-order valence-corrected chi connectivity index (χ3v) is 4.10. The molecule has 0 aliphatic rings. The number of carbonyl (C=O) groups is 1. The van der Waals surface area contributed by atoms with Crippen molar-refractivity contribution in [2.24, 2.45) is 0 Å². The number of amides is 1. The summed E-state index contributed by atoms with van der Waals surface area (Å²) in [7, 11) is 1.53. The van der Waals surface area contributed by atoms with Crippen molar-refractivity contribution in [3.05, 3.63) is 40.5 Å². The van der Waals surface area contributed by atoms with Gasteiger partial charge in [0.2, 0.25) is 0 Å². The summed E-state index contributed by atoms with van der Waals surface area (Å²) >= 11 is 1.18. The van der Waals surface area contributed by atoms with Crippen LogP contribution in [0.2, 0.25) is 0 Å². The van der Waals surface area contributed by atoms with Crippen molar-refractivity contribution in [3.63, 3.8) is 0 Å². The highest BCUT2D eigenvalue weighted by Crippen LogP contribution is 2.37. The number of nitrogens with one attached hydrogen (secondary N) is 2. The number of hydrogen-bond donors (Lipinski definition) is 3. The van der Waals surface area contributed by atoms with Crippen LogP contribution in [0.15, 0.2) is 24.5 Å². The first-order valence-electron chi connectivity index (χ1n) is 6.29. The first-order valence-corrected chi connectivity index (χ1v) is 7.11. The van der Waals surface area contributed by atoms with Crippen molar-refractivity contribution < 1.29 is 4.79 Å². The number of carbonyl (C=O) groups excluding carboxylic acids is 1. The van der Waals surface area contributed by atoms with Gasteiger partial charge in [-0.2, -0.15) is 5.26 Å². The van der Waals surface area contributed by atoms with Crippen LogP contribution in [-0.4, -0.2) is 17.9 Å². The lowest BCUT2D eigenvalue weighted by atomic mass is 10.1. The van der Waals surface area contributed by atoms with Crippen molar-refractivity contribution in [2.75, 3.05) is 18.1 Å². The van der Waals surface area contributed by atoms with E-state index in [0.717, 1.165) is 5.56 Å². The molecule has 2 heterocycles. The van der Waals surface area contributed by atoms with Gasteiger partial charge in [-0.05, 0) is 24.6 Å². The highest BCUT2D eigenvalue weighted by molar-refractivity contribution is 7.17. The van der Waals surface area contributed by atoms with Crippen LogP contribution in [0.4, 0.5) is 10.7 Å². The molecule has 2 aromatic heterocycles. The second-order valence-corrected chi connectivity index (χ2v) is 5.41. The van der Waals surface area contributed by atoms with Crippen LogP contribution in [0, 0.1) is 11.3 Å². The van der Waals surface area contributed by atoms with Crippen LogP contribution < -0.4 is 16.4 Å². The van der Waals surface area contributed by atoms with E-state index in [4.69, 9.17) is 11.0 Å². The lowest BCUT2D eigenvalue weighted by Crippen LogP contribution is -2.20. The fraction of sp³-hybridized carbons (Fsp3) is 0.214. The maximum atomic E-state index is 12.0. The van der Waals surface area contributed by atoms with E-state index < -0.39 is 0 Å². The number of aromatic nitrogens is 1. The Bertz CT molecular complexity index is 689. The Morgan fingerprint density at radius 1 is 1.48 bits per heavy atom. The van der Waals surface area contributed by atoms with E-state index in [9.17, 15) is 4.79 Å². The molecule has 2 aromatic rings. The van der Waals surface area contributed by atoms with Crippen molar-refractivity contribution in [2.45, 2.75) is 13.0 Å². The molecule has 0 bridgehead atoms. The molecule has 0 spiro atoms. The van der Waals surface area contributed by atoms with Crippen molar-refractivity contribution in [1.82, 2.24) is 10.3 Å². The summed E-state index contributed by atoms with van der Waals surface area (Å²) < 4.78 is 0. The Morgan fingerprint density at radius 3 is 2.71 bits per heavy atom. The predicted octanol–water partition coefficient (Wildman–Crippen LogP) is 2.13. The van der Waals surface area contributed by atoms with E-state index >= 15 is 0 Å². The standard InChI is InChI=1S/C14H15N5OS/c1-8(9-3-5-18-6-4-9)19-14-11(13(20)17-2)12(16)10(7-15)21-14/h3-6,8,19H,16H2,1-2H3,(H,17,20). The normalized spacial score (nSPS) is 11.5. The minimum absolute atomic E-state index is 0.0407. The van der Waals surface area contributed by atoms with Gasteiger partial charge in [-0.15, -0.1) is 11.3 Å². The van der Waals surface area contributed by atoms with Gasteiger partial charge in [-0.1, -0.05) is 0 Å². The van der Waals surface area contributed by atoms with Gasteiger partial charge < -0.3 is 16.4 Å². The van der Waals surface area contributed by atoms with Crippen LogP contribution in [0.25, 0.3) is 0 Å². The molecule has 0 aromatic carbocycles. The van der Waals surface area contributed by atoms with E-state index in [1.54, 1.807) is 12.4 Å². The van der Waals surface area contributed by atoms with E-state index in [-0.39, 0.29) is 17.6 Å². The second-order valence-electron chi connectivity index (χ2n) is 4.39. The van der Waals surface area contributed by atoms with Gasteiger partial charge in [-0.25, -0.2) is 0 Å². The average molecular weight is 301 g/mol. The highest BCUT2D eigenvalue weighted by atomic mass is 32.1. The summed E-state index contributed by atoms with van der Waals surface area (Å²) in [5.41, 5.74) is 7.44. The quantitative estimate of drug-likeness (QED) is 0.802. The van der Waals surface area contributed by atoms with E-state index in [2.05, 4.69) is 15.6 Å². The summed E-state index contributed by atoms with van der Waals surface area (Å²) in [5, 5.41) is 15.4. The van der Waals surface area contributed by atoms with Gasteiger partial charge in [0, 0.05) is 25.5 Å². The molecule has 21 heavy (non-hydrogen) atoms. The average Bonchev–Trinajstić information content (AvgIpc) is 2.83. The Balaban J connectivity index is 2.36. The van der Waals surface area contributed by atoms with Crippen LogP contribution in [-0.2, 0) is 0 Å². The minimum Gasteiger partial charge on any atom is -0.396 e. The molecule has 7 heteroatoms. The fourth-order valence-electron chi connectivity index (χ4n) is 1.91. The molecule has 0 aliphatic heterocycles. The molecular weight excluding hydrogens is 286 g/mol. The number of hydrogen-bond acceptors (Lipinski definition) is 6. The van der Waals surface area contributed by atoms with Crippen LogP contribution in [0.1, 0.15) is 33.8 Å². The van der Waals surface area contributed by atoms with Crippen LogP contribution in [0.3, 0.4) is 0 Å². The Hall–Kier alpha value is -2.59. The summed E-state index contributed by atoms with van der Waals surface area (Å²) in [5.74, 6) is -0.310. The number of pyridine rings is 1. The van der Waals surface area contributed by atoms with E-state index in [1.165, 1.54) is 18.4 Å². The third-order valence-electron chi connectivity index (χ3n) is 3.05. The zero-order chi connectivity index (χ0) is 15.4. The maximum Gasteiger partial charge on any atom is 0.256 e. The molecule has 2 rings (SSSR count). The predicted molar refractivity (Wildman–Crippen MR) is 83.1 cm³/mol. The Kier molecular flexibility index (Phi) is 4.40. The molecule has 6 nitrogen and oxygen atoms in total. The molecular formula is C14H15N5OS. The molecule has 1 amide bonds.